The molecule has 1 atom stereocenters. The largest absolute Gasteiger partial charge is 0.468 e. The van der Waals surface area contributed by atoms with E-state index in [1.54, 1.807) is 0 Å². The maximum absolute atomic E-state index is 13.3. The zero-order chi connectivity index (χ0) is 25.2. The Labute approximate surface area is 204 Å². The molecule has 0 aromatic heterocycles. The van der Waals surface area contributed by atoms with E-state index in [9.17, 15) is 9.59 Å². The number of esters is 1. The summed E-state index contributed by atoms with van der Waals surface area (Å²) in [7, 11) is 1.42. The first-order chi connectivity index (χ1) is 16.0. The lowest BCUT2D eigenvalue weighted by Crippen LogP contribution is -2.40. The van der Waals surface area contributed by atoms with Crippen LogP contribution in [-0.4, -0.2) is 30.8 Å². The fourth-order valence-electron chi connectivity index (χ4n) is 3.97. The maximum atomic E-state index is 13.3. The summed E-state index contributed by atoms with van der Waals surface area (Å²) in [5.74, 6) is 0.0254. The molecule has 5 nitrogen and oxygen atoms in total. The number of hydrogen-bond donors (Lipinski definition) is 1. The normalized spacial score (nSPS) is 13.0. The van der Waals surface area contributed by atoms with Gasteiger partial charge in [-0.3, -0.25) is 4.79 Å². The van der Waals surface area contributed by atoms with Crippen LogP contribution in [0.2, 0.25) is 0 Å². The molecule has 0 saturated heterocycles. The van der Waals surface area contributed by atoms with Gasteiger partial charge in [0.25, 0.3) is 0 Å². The van der Waals surface area contributed by atoms with E-state index in [-0.39, 0.29) is 12.0 Å². The summed E-state index contributed by atoms with van der Waals surface area (Å²) in [5, 5.41) is 2.96. The second-order valence-corrected chi connectivity index (χ2v) is 10.2. The molecule has 5 heteroatoms. The molecule has 0 aliphatic carbocycles. The van der Waals surface area contributed by atoms with Crippen molar-refractivity contribution in [3.05, 3.63) is 83.9 Å². The third kappa shape index (κ3) is 9.05. The van der Waals surface area contributed by atoms with Crippen LogP contribution in [0.15, 0.2) is 72.8 Å². The predicted octanol–water partition coefficient (Wildman–Crippen LogP) is 6.13. The molecule has 0 aliphatic rings. The second-order valence-electron chi connectivity index (χ2n) is 10.2. The molecule has 2 aromatic rings. The Bertz CT molecular complexity index is 888. The van der Waals surface area contributed by atoms with E-state index in [2.05, 4.69) is 19.2 Å². The lowest BCUT2D eigenvalue weighted by Gasteiger charge is -2.30. The van der Waals surface area contributed by atoms with Crippen molar-refractivity contribution in [2.24, 2.45) is 11.3 Å². The number of nitrogens with one attached hydrogen (secondary N) is 1. The first-order valence-electron chi connectivity index (χ1n) is 11.9. The fourth-order valence-corrected chi connectivity index (χ4v) is 3.97. The fraction of sp³-hybridized carbons (Fsp3) is 0.448. The maximum Gasteiger partial charge on any atom is 0.408 e. The van der Waals surface area contributed by atoms with E-state index >= 15 is 0 Å². The smallest absolute Gasteiger partial charge is 0.408 e. The number of alkyl carbamates (subject to hydrolysis) is 1. The Morgan fingerprint density at radius 3 is 1.82 bits per heavy atom. The van der Waals surface area contributed by atoms with Gasteiger partial charge < -0.3 is 14.8 Å². The van der Waals surface area contributed by atoms with E-state index in [0.717, 1.165) is 11.1 Å². The summed E-state index contributed by atoms with van der Waals surface area (Å²) < 4.78 is 10.8. The molecule has 0 spiro atoms. The number of benzene rings is 2. The number of methoxy groups -OCH3 is 1. The Morgan fingerprint density at radius 2 is 1.41 bits per heavy atom. The monoisotopic (exact) mass is 465 g/mol. The Kier molecular flexibility index (Phi) is 9.91. The van der Waals surface area contributed by atoms with Gasteiger partial charge in [0, 0.05) is 0 Å². The highest BCUT2D eigenvalue weighted by atomic mass is 16.6. The van der Waals surface area contributed by atoms with Crippen molar-refractivity contribution in [1.82, 2.24) is 5.32 Å². The van der Waals surface area contributed by atoms with Crippen LogP contribution in [0, 0.1) is 11.3 Å². The van der Waals surface area contributed by atoms with Crippen LogP contribution in [0.5, 0.6) is 0 Å². The quantitative estimate of drug-likeness (QED) is 0.339. The van der Waals surface area contributed by atoms with Crippen LogP contribution < -0.4 is 5.32 Å². The summed E-state index contributed by atoms with van der Waals surface area (Å²) in [4.78, 5) is 25.8. The van der Waals surface area contributed by atoms with Crippen molar-refractivity contribution in [2.75, 3.05) is 7.11 Å². The number of amides is 1. The summed E-state index contributed by atoms with van der Waals surface area (Å²) >= 11 is 0. The summed E-state index contributed by atoms with van der Waals surface area (Å²) in [5.41, 5.74) is 0.553. The van der Waals surface area contributed by atoms with Crippen LogP contribution in [-0.2, 0) is 27.1 Å². The number of rotatable bonds is 10. The topological polar surface area (TPSA) is 64.6 Å². The van der Waals surface area contributed by atoms with Crippen molar-refractivity contribution in [3.63, 3.8) is 0 Å². The molecule has 2 aromatic carbocycles. The van der Waals surface area contributed by atoms with E-state index in [4.69, 9.17) is 9.47 Å². The summed E-state index contributed by atoms with van der Waals surface area (Å²) in [6.07, 6.45) is 5.04. The third-order valence-corrected chi connectivity index (χ3v) is 5.39. The number of hydrogen-bond acceptors (Lipinski definition) is 4. The van der Waals surface area contributed by atoms with Crippen molar-refractivity contribution in [1.29, 1.82) is 0 Å². The Hall–Kier alpha value is -3.08. The molecule has 0 fully saturated rings. The lowest BCUT2D eigenvalue weighted by atomic mass is 9.75. The van der Waals surface area contributed by atoms with Gasteiger partial charge in [0.2, 0.25) is 0 Å². The minimum absolute atomic E-state index is 0.287. The van der Waals surface area contributed by atoms with Crippen molar-refractivity contribution >= 4 is 12.1 Å². The van der Waals surface area contributed by atoms with Gasteiger partial charge >= 0.3 is 12.1 Å². The van der Waals surface area contributed by atoms with Gasteiger partial charge in [-0.15, -0.1) is 0 Å². The van der Waals surface area contributed by atoms with Crippen molar-refractivity contribution in [3.8, 4) is 0 Å². The number of carbonyl (C=O) groups excluding carboxylic acids is 2. The van der Waals surface area contributed by atoms with Crippen LogP contribution in [0.1, 0.15) is 52.2 Å². The lowest BCUT2D eigenvalue weighted by molar-refractivity contribution is -0.149. The van der Waals surface area contributed by atoms with E-state index in [1.807, 2.05) is 93.6 Å². The zero-order valence-electron chi connectivity index (χ0n) is 21.3. The van der Waals surface area contributed by atoms with Gasteiger partial charge in [0.05, 0.1) is 18.6 Å². The van der Waals surface area contributed by atoms with E-state index in [0.29, 0.717) is 25.2 Å². The first-order valence-corrected chi connectivity index (χ1v) is 11.9. The van der Waals surface area contributed by atoms with Crippen molar-refractivity contribution in [2.45, 2.75) is 65.5 Å². The second kappa shape index (κ2) is 12.4. The molecule has 0 saturated carbocycles. The van der Waals surface area contributed by atoms with Gasteiger partial charge in [-0.2, -0.15) is 0 Å². The zero-order valence-corrected chi connectivity index (χ0v) is 21.3. The highest BCUT2D eigenvalue weighted by molar-refractivity contribution is 5.80. The highest BCUT2D eigenvalue weighted by Crippen LogP contribution is 2.32. The molecule has 0 unspecified atom stereocenters. The van der Waals surface area contributed by atoms with Gasteiger partial charge in [-0.1, -0.05) is 86.7 Å². The summed E-state index contributed by atoms with van der Waals surface area (Å²) in [6.45, 7) is 9.70. The molecular formula is C29H39NO4. The molecular weight excluding hydrogens is 426 g/mol. The molecule has 34 heavy (non-hydrogen) atoms. The molecule has 0 heterocycles. The van der Waals surface area contributed by atoms with E-state index in [1.165, 1.54) is 7.11 Å². The molecule has 0 aliphatic heterocycles. The first kappa shape index (κ1) is 27.2. The average Bonchev–Trinajstić information content (AvgIpc) is 2.76. The molecule has 184 valence electrons. The minimum Gasteiger partial charge on any atom is -0.468 e. The minimum atomic E-state index is -0.928. The van der Waals surface area contributed by atoms with Crippen LogP contribution in [0.25, 0.3) is 0 Å². The highest BCUT2D eigenvalue weighted by Gasteiger charge is 2.38. The van der Waals surface area contributed by atoms with Gasteiger partial charge in [-0.25, -0.2) is 4.79 Å². The van der Waals surface area contributed by atoms with Gasteiger partial charge in [0.1, 0.15) is 5.60 Å². The van der Waals surface area contributed by atoms with Crippen molar-refractivity contribution < 1.29 is 19.1 Å². The molecule has 2 rings (SSSR count). The molecule has 1 amide bonds. The molecule has 0 radical (unpaired) electrons. The SMILES string of the molecule is COC(=O)C(/C=C/[C@H](CC(C)C)NC(=O)OC(C)(C)C)(Cc1ccccc1)Cc1ccccc1. The Morgan fingerprint density at radius 1 is 0.912 bits per heavy atom. The molecule has 1 N–H and O–H groups in total. The van der Waals surface area contributed by atoms with Gasteiger partial charge in [-0.05, 0) is 57.1 Å². The standard InChI is InChI=1S/C29H39NO4/c1-22(2)19-25(30-27(32)34-28(3,4)5)17-18-29(26(31)33-6,20-23-13-9-7-10-14-23)21-24-15-11-8-12-16-24/h7-18,22,25H,19-21H2,1-6H3,(H,30,32)/b18-17+/t25-/m1/s1. The molecule has 0 bridgehead atoms. The van der Waals surface area contributed by atoms with Crippen LogP contribution >= 0.6 is 0 Å². The van der Waals surface area contributed by atoms with Gasteiger partial charge in [0.15, 0.2) is 0 Å². The number of ether oxygens (including phenoxy) is 2. The Balaban J connectivity index is 2.44. The predicted molar refractivity (Wildman–Crippen MR) is 136 cm³/mol. The average molecular weight is 466 g/mol. The number of carbonyl (C=O) groups is 2. The van der Waals surface area contributed by atoms with Crippen LogP contribution in [0.4, 0.5) is 4.79 Å². The third-order valence-electron chi connectivity index (χ3n) is 5.39. The van der Waals surface area contributed by atoms with E-state index < -0.39 is 17.1 Å². The van der Waals surface area contributed by atoms with Crippen LogP contribution in [0.3, 0.4) is 0 Å². The summed E-state index contributed by atoms with van der Waals surface area (Å²) in [6, 6.07) is 19.6.